The molecule has 3 rings (SSSR count). The molecule has 3 nitrogen and oxygen atoms in total. The van der Waals surface area contributed by atoms with Crippen LogP contribution in [-0.4, -0.2) is 9.97 Å². The Labute approximate surface area is 106 Å². The molecule has 18 heavy (non-hydrogen) atoms. The lowest BCUT2D eigenvalue weighted by atomic mass is 10.2. The van der Waals surface area contributed by atoms with Gasteiger partial charge in [-0.15, -0.1) is 0 Å². The van der Waals surface area contributed by atoms with Crippen LogP contribution >= 0.6 is 0 Å². The number of anilines is 1. The van der Waals surface area contributed by atoms with Crippen molar-refractivity contribution in [2.45, 2.75) is 6.54 Å². The van der Waals surface area contributed by atoms with E-state index in [0.29, 0.717) is 0 Å². The van der Waals surface area contributed by atoms with Gasteiger partial charge in [-0.1, -0.05) is 12.1 Å². The van der Waals surface area contributed by atoms with Gasteiger partial charge in [-0.05, 0) is 36.4 Å². The van der Waals surface area contributed by atoms with Gasteiger partial charge in [0.2, 0.25) is 0 Å². The number of fused-ring (bicyclic) bond motifs is 1. The molecule has 3 aromatic rings. The van der Waals surface area contributed by atoms with E-state index in [1.807, 2.05) is 48.8 Å². The van der Waals surface area contributed by atoms with Gasteiger partial charge >= 0.3 is 0 Å². The lowest BCUT2D eigenvalue weighted by Gasteiger charge is -2.08. The Balaban J connectivity index is 1.87. The molecule has 0 spiro atoms. The fourth-order valence-corrected chi connectivity index (χ4v) is 1.95. The van der Waals surface area contributed by atoms with E-state index in [1.165, 1.54) is 0 Å². The van der Waals surface area contributed by atoms with Crippen LogP contribution in [0.4, 0.5) is 5.69 Å². The first-order valence-electron chi connectivity index (χ1n) is 5.91. The minimum atomic E-state index is 0.717. The van der Waals surface area contributed by atoms with E-state index in [9.17, 15) is 0 Å². The van der Waals surface area contributed by atoms with Gasteiger partial charge in [-0.2, -0.15) is 0 Å². The fourth-order valence-electron chi connectivity index (χ4n) is 1.95. The van der Waals surface area contributed by atoms with E-state index in [2.05, 4.69) is 27.4 Å². The molecule has 0 aliphatic carbocycles. The summed E-state index contributed by atoms with van der Waals surface area (Å²) in [6.07, 6.45) is 3.62. The second-order valence-electron chi connectivity index (χ2n) is 4.05. The molecule has 1 N–H and O–H groups in total. The summed E-state index contributed by atoms with van der Waals surface area (Å²) in [7, 11) is 0. The van der Waals surface area contributed by atoms with Crippen molar-refractivity contribution in [2.75, 3.05) is 5.32 Å². The number of benzene rings is 1. The molecule has 2 heterocycles. The van der Waals surface area contributed by atoms with Crippen LogP contribution in [0.3, 0.4) is 0 Å². The smallest absolute Gasteiger partial charge is 0.0722 e. The summed E-state index contributed by atoms with van der Waals surface area (Å²) in [5.74, 6) is 0. The van der Waals surface area contributed by atoms with Crippen molar-refractivity contribution in [3.63, 3.8) is 0 Å². The zero-order valence-corrected chi connectivity index (χ0v) is 9.88. The second-order valence-corrected chi connectivity index (χ2v) is 4.05. The summed E-state index contributed by atoms with van der Waals surface area (Å²) in [5.41, 5.74) is 3.12. The quantitative estimate of drug-likeness (QED) is 0.757. The van der Waals surface area contributed by atoms with Gasteiger partial charge in [-0.25, -0.2) is 0 Å². The Kier molecular flexibility index (Phi) is 2.88. The van der Waals surface area contributed by atoms with Crippen LogP contribution < -0.4 is 5.32 Å². The summed E-state index contributed by atoms with van der Waals surface area (Å²) in [5, 5.41) is 4.54. The molecule has 0 aliphatic rings. The molecule has 0 unspecified atom stereocenters. The number of hydrogen-bond acceptors (Lipinski definition) is 3. The third kappa shape index (κ3) is 2.15. The van der Waals surface area contributed by atoms with E-state index in [1.54, 1.807) is 0 Å². The number of pyridine rings is 2. The molecular weight excluding hydrogens is 222 g/mol. The van der Waals surface area contributed by atoms with Gasteiger partial charge in [-0.3, -0.25) is 9.97 Å². The van der Waals surface area contributed by atoms with Crippen LogP contribution in [0.15, 0.2) is 60.9 Å². The van der Waals surface area contributed by atoms with Crippen LogP contribution in [-0.2, 0) is 6.54 Å². The normalized spacial score (nSPS) is 10.4. The third-order valence-electron chi connectivity index (χ3n) is 2.83. The fraction of sp³-hybridized carbons (Fsp3) is 0.0667. The molecular formula is C15H13N3. The van der Waals surface area contributed by atoms with Crippen molar-refractivity contribution in [2.24, 2.45) is 0 Å². The first-order chi connectivity index (χ1) is 8.93. The zero-order valence-electron chi connectivity index (χ0n) is 9.88. The van der Waals surface area contributed by atoms with Crippen LogP contribution in [0, 0.1) is 0 Å². The molecule has 88 valence electrons. The molecule has 0 aliphatic heterocycles. The predicted molar refractivity (Wildman–Crippen MR) is 73.3 cm³/mol. The highest BCUT2D eigenvalue weighted by Gasteiger charge is 2.00. The summed E-state index contributed by atoms with van der Waals surface area (Å²) in [6.45, 7) is 0.717. The van der Waals surface area contributed by atoms with E-state index in [0.717, 1.165) is 28.8 Å². The maximum atomic E-state index is 4.34. The molecule has 0 bridgehead atoms. The Morgan fingerprint density at radius 2 is 1.78 bits per heavy atom. The van der Waals surface area contributed by atoms with Gasteiger partial charge < -0.3 is 5.32 Å². The zero-order chi connectivity index (χ0) is 12.2. The summed E-state index contributed by atoms with van der Waals surface area (Å²) in [4.78, 5) is 8.64. The summed E-state index contributed by atoms with van der Waals surface area (Å²) in [6, 6.07) is 16.0. The largest absolute Gasteiger partial charge is 0.379 e. The Hall–Kier alpha value is -2.42. The SMILES string of the molecule is c1ccc(CNc2cccc3ncccc23)nc1. The highest BCUT2D eigenvalue weighted by molar-refractivity contribution is 5.91. The van der Waals surface area contributed by atoms with E-state index in [-0.39, 0.29) is 0 Å². The number of nitrogens with one attached hydrogen (secondary N) is 1. The molecule has 2 aromatic heterocycles. The monoisotopic (exact) mass is 235 g/mol. The lowest BCUT2D eigenvalue weighted by Crippen LogP contribution is -2.01. The molecule has 3 heteroatoms. The van der Waals surface area contributed by atoms with Crippen LogP contribution in [0.1, 0.15) is 5.69 Å². The van der Waals surface area contributed by atoms with Crippen molar-refractivity contribution in [3.05, 3.63) is 66.6 Å². The van der Waals surface area contributed by atoms with Crippen LogP contribution in [0.25, 0.3) is 10.9 Å². The Morgan fingerprint density at radius 3 is 2.67 bits per heavy atom. The van der Waals surface area contributed by atoms with Crippen LogP contribution in [0.5, 0.6) is 0 Å². The van der Waals surface area contributed by atoms with Crippen molar-refractivity contribution < 1.29 is 0 Å². The first kappa shape index (κ1) is 10.7. The van der Waals surface area contributed by atoms with E-state index < -0.39 is 0 Å². The topological polar surface area (TPSA) is 37.8 Å². The maximum absolute atomic E-state index is 4.34. The average Bonchev–Trinajstić information content (AvgIpc) is 2.46. The number of hydrogen-bond donors (Lipinski definition) is 1. The predicted octanol–water partition coefficient (Wildman–Crippen LogP) is 3.24. The Morgan fingerprint density at radius 1 is 0.833 bits per heavy atom. The highest BCUT2D eigenvalue weighted by atomic mass is 14.9. The first-order valence-corrected chi connectivity index (χ1v) is 5.91. The summed E-state index contributed by atoms with van der Waals surface area (Å²) < 4.78 is 0. The van der Waals surface area contributed by atoms with Crippen molar-refractivity contribution in [1.29, 1.82) is 0 Å². The summed E-state index contributed by atoms with van der Waals surface area (Å²) >= 11 is 0. The lowest BCUT2D eigenvalue weighted by molar-refractivity contribution is 1.05. The maximum Gasteiger partial charge on any atom is 0.0722 e. The molecule has 0 saturated heterocycles. The average molecular weight is 235 g/mol. The highest BCUT2D eigenvalue weighted by Crippen LogP contribution is 2.21. The molecule has 0 amide bonds. The molecule has 1 aromatic carbocycles. The molecule has 0 saturated carbocycles. The number of nitrogens with zero attached hydrogens (tertiary/aromatic N) is 2. The minimum Gasteiger partial charge on any atom is -0.379 e. The molecule has 0 atom stereocenters. The Bertz CT molecular complexity index is 645. The standard InChI is InChI=1S/C15H13N3/c1-2-9-16-12(5-1)11-18-15-8-3-7-14-13(15)6-4-10-17-14/h1-10,18H,11H2. The third-order valence-corrected chi connectivity index (χ3v) is 2.83. The second kappa shape index (κ2) is 4.84. The van der Waals surface area contributed by atoms with E-state index >= 15 is 0 Å². The van der Waals surface area contributed by atoms with E-state index in [4.69, 9.17) is 0 Å². The van der Waals surface area contributed by atoms with Gasteiger partial charge in [0.15, 0.2) is 0 Å². The number of aromatic nitrogens is 2. The van der Waals surface area contributed by atoms with Crippen molar-refractivity contribution in [3.8, 4) is 0 Å². The van der Waals surface area contributed by atoms with Gasteiger partial charge in [0.1, 0.15) is 0 Å². The van der Waals surface area contributed by atoms with Crippen molar-refractivity contribution in [1.82, 2.24) is 9.97 Å². The van der Waals surface area contributed by atoms with Gasteiger partial charge in [0.25, 0.3) is 0 Å². The minimum absolute atomic E-state index is 0.717. The van der Waals surface area contributed by atoms with Gasteiger partial charge in [0.05, 0.1) is 17.8 Å². The van der Waals surface area contributed by atoms with Gasteiger partial charge in [0, 0.05) is 23.5 Å². The molecule has 0 radical (unpaired) electrons. The number of rotatable bonds is 3. The van der Waals surface area contributed by atoms with Crippen LogP contribution in [0.2, 0.25) is 0 Å². The molecule has 0 fully saturated rings. The van der Waals surface area contributed by atoms with Crippen molar-refractivity contribution >= 4 is 16.6 Å².